The van der Waals surface area contributed by atoms with Gasteiger partial charge in [-0.25, -0.2) is 4.98 Å². The summed E-state index contributed by atoms with van der Waals surface area (Å²) in [6.07, 6.45) is 1.85. The number of rotatable bonds is 8. The van der Waals surface area contributed by atoms with E-state index in [1.807, 2.05) is 35.7 Å². The molecule has 6 nitrogen and oxygen atoms in total. The maximum Gasteiger partial charge on any atom is 0.227 e. The van der Waals surface area contributed by atoms with Crippen molar-refractivity contribution in [1.29, 1.82) is 0 Å². The maximum atomic E-state index is 12.1. The molecule has 1 aromatic carbocycles. The molecule has 2 amide bonds. The van der Waals surface area contributed by atoms with Gasteiger partial charge in [0.05, 0.1) is 12.1 Å². The SMILES string of the molecule is C[C@@H]1C[C@@H](C)CN(Cc2csc(NC(=O)CCNC(=O)Cc3ccccc3)n2)C1. The van der Waals surface area contributed by atoms with Crippen molar-refractivity contribution in [1.82, 2.24) is 15.2 Å². The van der Waals surface area contributed by atoms with Crippen molar-refractivity contribution in [3.63, 3.8) is 0 Å². The summed E-state index contributed by atoms with van der Waals surface area (Å²) in [6.45, 7) is 7.95. The van der Waals surface area contributed by atoms with E-state index >= 15 is 0 Å². The third kappa shape index (κ3) is 7.25. The summed E-state index contributed by atoms with van der Waals surface area (Å²) in [5.41, 5.74) is 1.96. The van der Waals surface area contributed by atoms with E-state index in [1.54, 1.807) is 0 Å². The van der Waals surface area contributed by atoms with Crippen LogP contribution in [0.25, 0.3) is 0 Å². The van der Waals surface area contributed by atoms with Gasteiger partial charge >= 0.3 is 0 Å². The molecule has 1 saturated heterocycles. The fourth-order valence-electron chi connectivity index (χ4n) is 3.93. The van der Waals surface area contributed by atoms with E-state index in [9.17, 15) is 9.59 Å². The van der Waals surface area contributed by atoms with Crippen LogP contribution in [-0.2, 0) is 22.6 Å². The number of amides is 2. The maximum absolute atomic E-state index is 12.1. The molecule has 1 aliphatic rings. The van der Waals surface area contributed by atoms with Gasteiger partial charge in [0.2, 0.25) is 11.8 Å². The third-order valence-corrected chi connectivity index (χ3v) is 5.82. The number of nitrogens with zero attached hydrogens (tertiary/aromatic N) is 2. The summed E-state index contributed by atoms with van der Waals surface area (Å²) in [5, 5.41) is 8.27. The van der Waals surface area contributed by atoms with Crippen LogP contribution in [0.4, 0.5) is 5.13 Å². The second kappa shape index (κ2) is 10.5. The van der Waals surface area contributed by atoms with Crippen LogP contribution in [0.5, 0.6) is 0 Å². The van der Waals surface area contributed by atoms with Crippen LogP contribution in [0.1, 0.15) is 37.9 Å². The number of thiazole rings is 1. The molecule has 2 atom stereocenters. The highest BCUT2D eigenvalue weighted by molar-refractivity contribution is 7.13. The van der Waals surface area contributed by atoms with Crippen molar-refractivity contribution in [3.8, 4) is 0 Å². The Morgan fingerprint density at radius 2 is 1.86 bits per heavy atom. The van der Waals surface area contributed by atoms with Crippen molar-refractivity contribution < 1.29 is 9.59 Å². The van der Waals surface area contributed by atoms with Crippen LogP contribution in [0.2, 0.25) is 0 Å². The molecule has 0 unspecified atom stereocenters. The van der Waals surface area contributed by atoms with Crippen molar-refractivity contribution in [2.24, 2.45) is 11.8 Å². The molecule has 0 bridgehead atoms. The smallest absolute Gasteiger partial charge is 0.227 e. The van der Waals surface area contributed by atoms with E-state index in [2.05, 4.69) is 34.4 Å². The number of carbonyl (C=O) groups excluding carboxylic acids is 2. The number of hydrogen-bond donors (Lipinski definition) is 2. The number of nitrogens with one attached hydrogen (secondary N) is 2. The average molecular weight is 415 g/mol. The van der Waals surface area contributed by atoms with Crippen LogP contribution in [0.15, 0.2) is 35.7 Å². The number of hydrogen-bond acceptors (Lipinski definition) is 5. The normalized spacial score (nSPS) is 19.7. The minimum absolute atomic E-state index is 0.0782. The first kappa shape index (κ1) is 21.5. The monoisotopic (exact) mass is 414 g/mol. The Morgan fingerprint density at radius 1 is 1.14 bits per heavy atom. The number of piperidine rings is 1. The Kier molecular flexibility index (Phi) is 7.77. The zero-order valence-electron chi connectivity index (χ0n) is 17.2. The number of benzene rings is 1. The lowest BCUT2D eigenvalue weighted by molar-refractivity contribution is -0.120. The Morgan fingerprint density at radius 3 is 2.59 bits per heavy atom. The van der Waals surface area contributed by atoms with Crippen molar-refractivity contribution in [2.75, 3.05) is 25.0 Å². The van der Waals surface area contributed by atoms with Gasteiger partial charge in [0.15, 0.2) is 5.13 Å². The summed E-state index contributed by atoms with van der Waals surface area (Å²) in [4.78, 5) is 31.1. The van der Waals surface area contributed by atoms with Gasteiger partial charge in [-0.3, -0.25) is 14.5 Å². The van der Waals surface area contributed by atoms with Gasteiger partial charge in [-0.05, 0) is 23.8 Å². The minimum atomic E-state index is -0.133. The summed E-state index contributed by atoms with van der Waals surface area (Å²) < 4.78 is 0. The van der Waals surface area contributed by atoms with E-state index in [4.69, 9.17) is 0 Å². The van der Waals surface area contributed by atoms with E-state index in [1.165, 1.54) is 17.8 Å². The largest absolute Gasteiger partial charge is 0.355 e. The van der Waals surface area contributed by atoms with Gasteiger partial charge in [-0.1, -0.05) is 44.2 Å². The predicted molar refractivity (Wildman–Crippen MR) is 117 cm³/mol. The number of likely N-dealkylation sites (tertiary alicyclic amines) is 1. The molecule has 0 spiro atoms. The summed E-state index contributed by atoms with van der Waals surface area (Å²) >= 11 is 1.45. The van der Waals surface area contributed by atoms with Crippen LogP contribution >= 0.6 is 11.3 Å². The molecule has 156 valence electrons. The van der Waals surface area contributed by atoms with Crippen LogP contribution in [0.3, 0.4) is 0 Å². The zero-order chi connectivity index (χ0) is 20.6. The van der Waals surface area contributed by atoms with Gasteiger partial charge in [-0.2, -0.15) is 0 Å². The second-order valence-electron chi connectivity index (χ2n) is 8.09. The standard InChI is InChI=1S/C22H30N4O2S/c1-16-10-17(2)13-26(12-16)14-19-15-29-22(24-19)25-20(27)8-9-23-21(28)11-18-6-4-3-5-7-18/h3-7,15-17H,8-14H2,1-2H3,(H,23,28)(H,24,25,27)/t16-,17-/m1/s1. The lowest BCUT2D eigenvalue weighted by Gasteiger charge is -2.34. The molecule has 2 N–H and O–H groups in total. The number of aromatic nitrogens is 1. The van der Waals surface area contributed by atoms with Crippen molar-refractivity contribution in [2.45, 2.75) is 39.7 Å². The molecule has 0 radical (unpaired) electrons. The van der Waals surface area contributed by atoms with Crippen LogP contribution in [0, 0.1) is 11.8 Å². The summed E-state index contributed by atoms with van der Waals surface area (Å²) in [6, 6.07) is 9.56. The molecule has 2 heterocycles. The van der Waals surface area contributed by atoms with E-state index in [0.29, 0.717) is 29.9 Å². The molecular formula is C22H30N4O2S. The Labute approximate surface area is 176 Å². The Bertz CT molecular complexity index is 798. The molecular weight excluding hydrogens is 384 g/mol. The highest BCUT2D eigenvalue weighted by Gasteiger charge is 2.22. The molecule has 0 saturated carbocycles. The molecule has 1 fully saturated rings. The van der Waals surface area contributed by atoms with E-state index in [-0.39, 0.29) is 18.2 Å². The molecule has 7 heteroatoms. The van der Waals surface area contributed by atoms with E-state index in [0.717, 1.165) is 30.9 Å². The van der Waals surface area contributed by atoms with Gasteiger partial charge < -0.3 is 10.6 Å². The first-order valence-corrected chi connectivity index (χ1v) is 11.1. The van der Waals surface area contributed by atoms with Crippen molar-refractivity contribution in [3.05, 3.63) is 47.0 Å². The van der Waals surface area contributed by atoms with Crippen LogP contribution in [-0.4, -0.2) is 41.3 Å². The molecule has 2 aromatic rings. The van der Waals surface area contributed by atoms with Gasteiger partial charge in [-0.15, -0.1) is 11.3 Å². The number of carbonyl (C=O) groups is 2. The van der Waals surface area contributed by atoms with Crippen LogP contribution < -0.4 is 10.6 Å². The number of anilines is 1. The topological polar surface area (TPSA) is 74.3 Å². The molecule has 1 aromatic heterocycles. The first-order valence-electron chi connectivity index (χ1n) is 10.2. The first-order chi connectivity index (χ1) is 14.0. The Balaban J connectivity index is 1.37. The third-order valence-electron chi connectivity index (χ3n) is 5.01. The molecule has 29 heavy (non-hydrogen) atoms. The highest BCUT2D eigenvalue weighted by atomic mass is 32.1. The predicted octanol–water partition coefficient (Wildman–Crippen LogP) is 3.31. The molecule has 1 aliphatic heterocycles. The van der Waals surface area contributed by atoms with Gasteiger partial charge in [0.1, 0.15) is 0 Å². The molecule has 3 rings (SSSR count). The van der Waals surface area contributed by atoms with Gasteiger partial charge in [0, 0.05) is 38.0 Å². The quantitative estimate of drug-likeness (QED) is 0.695. The fourth-order valence-corrected chi connectivity index (χ4v) is 4.65. The fraction of sp³-hybridized carbons (Fsp3) is 0.500. The summed E-state index contributed by atoms with van der Waals surface area (Å²) in [7, 11) is 0. The van der Waals surface area contributed by atoms with Crippen molar-refractivity contribution >= 4 is 28.3 Å². The lowest BCUT2D eigenvalue weighted by Crippen LogP contribution is -2.38. The van der Waals surface area contributed by atoms with E-state index < -0.39 is 0 Å². The highest BCUT2D eigenvalue weighted by Crippen LogP contribution is 2.24. The average Bonchev–Trinajstić information content (AvgIpc) is 3.08. The minimum Gasteiger partial charge on any atom is -0.355 e. The molecule has 0 aliphatic carbocycles. The lowest BCUT2D eigenvalue weighted by atomic mass is 9.92. The van der Waals surface area contributed by atoms with Gasteiger partial charge in [0.25, 0.3) is 0 Å². The summed E-state index contributed by atoms with van der Waals surface area (Å²) in [5.74, 6) is 1.22. The second-order valence-corrected chi connectivity index (χ2v) is 8.95. The zero-order valence-corrected chi connectivity index (χ0v) is 18.0. The Hall–Kier alpha value is -2.25.